The molecule has 16 heteroatoms. The van der Waals surface area contributed by atoms with Gasteiger partial charge in [-0.2, -0.15) is 4.34 Å². The fourth-order valence-corrected chi connectivity index (χ4v) is 3.07. The van der Waals surface area contributed by atoms with Gasteiger partial charge < -0.3 is 39.0 Å². The summed E-state index contributed by atoms with van der Waals surface area (Å²) in [6.45, 7) is 0. The first-order valence-corrected chi connectivity index (χ1v) is 9.37. The van der Waals surface area contributed by atoms with Crippen LogP contribution in [-0.2, 0) is 20.0 Å². The maximum Gasteiger partial charge on any atom is 0.451 e. The highest BCUT2D eigenvalue weighted by atomic mass is 31.2. The van der Waals surface area contributed by atoms with Gasteiger partial charge in [0.15, 0.2) is 0 Å². The van der Waals surface area contributed by atoms with Crippen LogP contribution in [0.3, 0.4) is 0 Å². The lowest BCUT2D eigenvalue weighted by molar-refractivity contribution is 0.342. The first-order valence-electron chi connectivity index (χ1n) is 4.45. The van der Waals surface area contributed by atoms with Crippen LogP contribution >= 0.6 is 23.1 Å². The molecule has 0 unspecified atom stereocenters. The minimum absolute atomic E-state index is 0.262. The van der Waals surface area contributed by atoms with Crippen molar-refractivity contribution in [1.82, 2.24) is 8.90 Å². The third-order valence-electron chi connectivity index (χ3n) is 1.75. The van der Waals surface area contributed by atoms with Gasteiger partial charge in [0.1, 0.15) is 6.29 Å². The normalized spacial score (nSPS) is 14.8. The van der Waals surface area contributed by atoms with Crippen molar-refractivity contribution in [1.29, 1.82) is 0 Å². The van der Waals surface area contributed by atoms with E-state index in [0.29, 0.717) is 10.8 Å². The van der Waals surface area contributed by atoms with Gasteiger partial charge in [0, 0.05) is 0 Å². The molecule has 1 heterocycles. The predicted molar refractivity (Wildman–Crippen MR) is 61.2 cm³/mol. The topological polar surface area (TPSA) is 215 Å². The van der Waals surface area contributed by atoms with Crippen LogP contribution in [0.2, 0.25) is 0 Å². The maximum atomic E-state index is 11.1. The second-order valence-electron chi connectivity index (χ2n) is 3.50. The van der Waals surface area contributed by atoms with Gasteiger partial charge in [-0.3, -0.25) is 4.57 Å². The third-order valence-corrected chi connectivity index (χ3v) is 3.77. The van der Waals surface area contributed by atoms with Crippen LogP contribution in [0.15, 0.2) is 11.0 Å². The second-order valence-corrected chi connectivity index (χ2v) is 7.77. The summed E-state index contributed by atoms with van der Waals surface area (Å²) in [5.41, 5.74) is -1.19. The van der Waals surface area contributed by atoms with E-state index in [0.717, 1.165) is 0 Å². The molecule has 13 nitrogen and oxygen atoms in total. The smallest absolute Gasteiger partial charge is 0.451 e. The Morgan fingerprint density at radius 2 is 1.55 bits per heavy atom. The van der Waals surface area contributed by atoms with Crippen LogP contribution in [0, 0.1) is 0 Å². The highest BCUT2D eigenvalue weighted by Crippen LogP contribution is 2.42. The Morgan fingerprint density at radius 3 is 1.90 bits per heavy atom. The Morgan fingerprint density at radius 1 is 1.05 bits per heavy atom. The number of aromatic hydroxyl groups is 1. The predicted octanol–water partition coefficient (Wildman–Crippen LogP) is -1.94. The molecule has 0 saturated carbocycles. The molecule has 0 fully saturated rings. The van der Waals surface area contributed by atoms with E-state index >= 15 is 0 Å². The number of hydrogen-bond acceptors (Lipinski definition) is 4. The van der Waals surface area contributed by atoms with Crippen LogP contribution in [-0.4, -0.2) is 43.4 Å². The summed E-state index contributed by atoms with van der Waals surface area (Å²) >= 11 is 0. The van der Waals surface area contributed by atoms with Gasteiger partial charge in [-0.25, -0.2) is 9.13 Å². The summed E-state index contributed by atoms with van der Waals surface area (Å²) in [7, 11) is -15.2. The Labute approximate surface area is 110 Å². The van der Waals surface area contributed by atoms with Crippen LogP contribution in [0.5, 0.6) is 5.88 Å². The van der Waals surface area contributed by atoms with Gasteiger partial charge in [0.2, 0.25) is 11.5 Å². The van der Waals surface area contributed by atoms with Crippen molar-refractivity contribution in [3.8, 4) is 5.88 Å². The fraction of sp³-hybridized carbons (Fsp3) is 0.250. The second kappa shape index (κ2) is 5.23. The lowest BCUT2D eigenvalue weighted by Crippen LogP contribution is -2.25. The number of hydrogen-bond donors (Lipinski definition) is 7. The summed E-state index contributed by atoms with van der Waals surface area (Å²) in [5.74, 6) is -1.18. The summed E-state index contributed by atoms with van der Waals surface area (Å²) < 4.78 is 35.4. The Balaban J connectivity index is 3.74. The van der Waals surface area contributed by atoms with Crippen LogP contribution in [0.25, 0.3) is 0 Å². The molecule has 0 atom stereocenters. The van der Waals surface area contributed by atoms with Gasteiger partial charge >= 0.3 is 23.1 Å². The molecule has 0 aliphatic carbocycles. The summed E-state index contributed by atoms with van der Waals surface area (Å²) in [6, 6.07) is 0. The molecule has 116 valence electrons. The number of aromatic nitrogens is 2. The fourth-order valence-electron chi connectivity index (χ4n) is 1.24. The van der Waals surface area contributed by atoms with Crippen molar-refractivity contribution in [2.45, 2.75) is 6.29 Å². The largest absolute Gasteiger partial charge is 0.493 e. The minimum atomic E-state index is -5.27. The van der Waals surface area contributed by atoms with Gasteiger partial charge in [0.25, 0.3) is 0 Å². The molecule has 0 aliphatic rings. The molecule has 7 N–H and O–H groups in total. The molecule has 0 aliphatic heterocycles. The van der Waals surface area contributed by atoms with E-state index in [2.05, 4.69) is 4.76 Å². The summed E-state index contributed by atoms with van der Waals surface area (Å²) in [6.07, 6.45) is -0.737. The summed E-state index contributed by atoms with van der Waals surface area (Å²) in [4.78, 5) is 52.8. The number of nitrogens with zero attached hydrogens (tertiary/aromatic N) is 3. The Hall–Kier alpha value is -0.740. The molecular weight excluding hydrogens is 343 g/mol. The zero-order valence-corrected chi connectivity index (χ0v) is 12.0. The minimum Gasteiger partial charge on any atom is -0.493 e. The molecule has 20 heavy (non-hydrogen) atoms. The molecule has 0 saturated heterocycles. The summed E-state index contributed by atoms with van der Waals surface area (Å²) in [5, 5.41) is 9.33. The van der Waals surface area contributed by atoms with E-state index in [1.165, 1.54) is 0 Å². The van der Waals surface area contributed by atoms with Crippen molar-refractivity contribution in [2.24, 2.45) is 4.76 Å². The van der Waals surface area contributed by atoms with E-state index in [9.17, 15) is 18.8 Å². The molecule has 0 bridgehead atoms. The SMILES string of the molecule is O=P(O)(O)Cn1cc(O)n(P(=O)(O)O)c1=NP(=O)(O)O. The number of imidazole rings is 1. The lowest BCUT2D eigenvalue weighted by Gasteiger charge is -2.08. The van der Waals surface area contributed by atoms with Crippen LogP contribution in [0.1, 0.15) is 0 Å². The first kappa shape index (κ1) is 17.3. The zero-order chi connectivity index (χ0) is 15.9. The Kier molecular flexibility index (Phi) is 4.52. The van der Waals surface area contributed by atoms with E-state index < -0.39 is 40.9 Å². The van der Waals surface area contributed by atoms with Gasteiger partial charge in [-0.05, 0) is 0 Å². The molecule has 0 amide bonds. The number of rotatable bonds is 4. The van der Waals surface area contributed by atoms with Crippen molar-refractivity contribution >= 4 is 23.1 Å². The van der Waals surface area contributed by atoms with E-state index in [-0.39, 0.29) is 4.34 Å². The molecular formula is C4H10N3O10P3. The quantitative estimate of drug-likeness (QED) is 0.297. The van der Waals surface area contributed by atoms with Crippen LogP contribution < -0.4 is 5.62 Å². The lowest BCUT2D eigenvalue weighted by atomic mass is 10.8. The zero-order valence-electron chi connectivity index (χ0n) is 9.32. The van der Waals surface area contributed by atoms with Crippen molar-refractivity contribution in [3.05, 3.63) is 11.8 Å². The van der Waals surface area contributed by atoms with E-state index in [1.807, 2.05) is 0 Å². The molecule has 1 aromatic rings. The maximum absolute atomic E-state index is 11.1. The van der Waals surface area contributed by atoms with Crippen molar-refractivity contribution in [2.75, 3.05) is 0 Å². The highest BCUT2D eigenvalue weighted by molar-refractivity contribution is 7.51. The molecule has 1 rings (SSSR count). The van der Waals surface area contributed by atoms with Gasteiger partial charge in [0.05, 0.1) is 6.20 Å². The standard InChI is InChI=1S/C4H10N3O10P3/c8-3-1-6(2-18(9,10)11)4(5-19(12,13)14)7(3)20(15,16)17/h1,8H,2H2,(H2,9,10,11)(H2,12,13,14)(H2,15,16,17). The van der Waals surface area contributed by atoms with Crippen LogP contribution in [0.4, 0.5) is 0 Å². The van der Waals surface area contributed by atoms with Crippen molar-refractivity contribution < 1.29 is 48.2 Å². The average molecular weight is 353 g/mol. The highest BCUT2D eigenvalue weighted by Gasteiger charge is 2.28. The first-order chi connectivity index (χ1) is 8.71. The van der Waals surface area contributed by atoms with Gasteiger partial charge in [-0.1, -0.05) is 0 Å². The Bertz CT molecular complexity index is 713. The monoisotopic (exact) mass is 353 g/mol. The molecule has 0 aromatic carbocycles. The van der Waals surface area contributed by atoms with Gasteiger partial charge in [-0.15, -0.1) is 4.76 Å². The van der Waals surface area contributed by atoms with E-state index in [4.69, 9.17) is 29.4 Å². The third kappa shape index (κ3) is 4.67. The molecule has 0 spiro atoms. The molecule has 1 aromatic heterocycles. The van der Waals surface area contributed by atoms with E-state index in [1.54, 1.807) is 0 Å². The average Bonchev–Trinajstić information content (AvgIpc) is 2.34. The molecule has 0 radical (unpaired) electrons. The van der Waals surface area contributed by atoms with Crippen molar-refractivity contribution in [3.63, 3.8) is 0 Å².